The van der Waals surface area contributed by atoms with Crippen LogP contribution in [0.4, 0.5) is 0 Å². The molecule has 1 aliphatic rings. The average molecular weight is 238 g/mol. The highest BCUT2D eigenvalue weighted by Crippen LogP contribution is 2.20. The van der Waals surface area contributed by atoms with E-state index in [4.69, 9.17) is 0 Å². The number of hydrogen-bond acceptors (Lipinski definition) is 0. The smallest absolute Gasteiger partial charge is 0.0373 e. The monoisotopic (exact) mass is 236 g/mol. The third-order valence-electron chi connectivity index (χ3n) is 0.978. The lowest BCUT2D eigenvalue weighted by Gasteiger charge is -2.04. The molecule has 0 saturated carbocycles. The first kappa shape index (κ1) is 6.56. The van der Waals surface area contributed by atoms with Gasteiger partial charge >= 0.3 is 0 Å². The van der Waals surface area contributed by atoms with Crippen LogP contribution in [0.5, 0.6) is 0 Å². The van der Waals surface area contributed by atoms with E-state index in [0.29, 0.717) is 4.83 Å². The second-order valence-electron chi connectivity index (χ2n) is 1.71. The van der Waals surface area contributed by atoms with Gasteiger partial charge in [-0.25, -0.2) is 0 Å². The third-order valence-corrected chi connectivity index (χ3v) is 2.15. The molecule has 0 aliphatic heterocycles. The van der Waals surface area contributed by atoms with Gasteiger partial charge in [-0.1, -0.05) is 50.1 Å². The summed E-state index contributed by atoms with van der Waals surface area (Å²) < 4.78 is 1.17. The predicted molar refractivity (Wildman–Crippen MR) is 43.5 cm³/mol. The van der Waals surface area contributed by atoms with Crippen LogP contribution in [0.25, 0.3) is 0 Å². The number of allylic oxidation sites excluding steroid dienone is 4. The van der Waals surface area contributed by atoms with Crippen LogP contribution in [0.2, 0.25) is 0 Å². The van der Waals surface area contributed by atoms with Gasteiger partial charge in [-0.3, -0.25) is 0 Å². The molecule has 2 heteroatoms. The Morgan fingerprint density at radius 3 is 2.75 bits per heavy atom. The Balaban J connectivity index is 2.63. The van der Waals surface area contributed by atoms with Gasteiger partial charge in [0.05, 0.1) is 0 Å². The van der Waals surface area contributed by atoms with Crippen molar-refractivity contribution in [3.05, 3.63) is 22.7 Å². The van der Waals surface area contributed by atoms with Crippen molar-refractivity contribution in [3.63, 3.8) is 0 Å². The van der Waals surface area contributed by atoms with E-state index in [9.17, 15) is 0 Å². The van der Waals surface area contributed by atoms with Gasteiger partial charge in [-0.2, -0.15) is 0 Å². The minimum atomic E-state index is 0.530. The van der Waals surface area contributed by atoms with Crippen molar-refractivity contribution in [3.8, 4) is 0 Å². The Morgan fingerprint density at radius 2 is 2.38 bits per heavy atom. The van der Waals surface area contributed by atoms with E-state index < -0.39 is 0 Å². The van der Waals surface area contributed by atoms with Crippen LogP contribution in [0.1, 0.15) is 6.42 Å². The molecule has 8 heavy (non-hydrogen) atoms. The van der Waals surface area contributed by atoms with Gasteiger partial charge in [0.15, 0.2) is 0 Å². The SMILES string of the molecule is BrC1=CC(Br)CC=C1. The molecule has 0 spiro atoms. The molecule has 1 atom stereocenters. The van der Waals surface area contributed by atoms with Crippen LogP contribution in [0.15, 0.2) is 22.7 Å². The molecular formula is C6H6Br2. The molecule has 0 nitrogen and oxygen atoms in total. The fourth-order valence-corrected chi connectivity index (χ4v) is 1.97. The molecule has 1 aliphatic carbocycles. The molecule has 0 aromatic rings. The molecule has 1 unspecified atom stereocenters. The zero-order chi connectivity index (χ0) is 5.98. The van der Waals surface area contributed by atoms with Gasteiger partial charge in [0.2, 0.25) is 0 Å². The summed E-state index contributed by atoms with van der Waals surface area (Å²) in [7, 11) is 0. The quantitative estimate of drug-likeness (QED) is 0.569. The van der Waals surface area contributed by atoms with Gasteiger partial charge < -0.3 is 0 Å². The molecule has 1 rings (SSSR count). The molecule has 0 amide bonds. The predicted octanol–water partition coefficient (Wildman–Crippen LogP) is 2.99. The van der Waals surface area contributed by atoms with E-state index in [1.807, 2.05) is 0 Å². The molecule has 0 fully saturated rings. The molecule has 0 N–H and O–H groups in total. The van der Waals surface area contributed by atoms with Crippen molar-refractivity contribution >= 4 is 31.9 Å². The summed E-state index contributed by atoms with van der Waals surface area (Å²) in [6.07, 6.45) is 7.45. The fourth-order valence-electron chi connectivity index (χ4n) is 0.607. The topological polar surface area (TPSA) is 0 Å². The van der Waals surface area contributed by atoms with E-state index in [2.05, 4.69) is 50.1 Å². The number of rotatable bonds is 0. The summed E-state index contributed by atoms with van der Waals surface area (Å²) in [6.45, 7) is 0. The molecule has 0 bridgehead atoms. The maximum Gasteiger partial charge on any atom is 0.0373 e. The molecule has 0 aromatic heterocycles. The normalized spacial score (nSPS) is 27.8. The Bertz CT molecular complexity index is 135. The van der Waals surface area contributed by atoms with Crippen molar-refractivity contribution in [2.75, 3.05) is 0 Å². The third kappa shape index (κ3) is 1.75. The number of halogens is 2. The van der Waals surface area contributed by atoms with Gasteiger partial charge in [-0.15, -0.1) is 0 Å². The zero-order valence-electron chi connectivity index (χ0n) is 4.27. The lowest BCUT2D eigenvalue weighted by atomic mass is 10.2. The summed E-state index contributed by atoms with van der Waals surface area (Å²) >= 11 is 6.84. The Morgan fingerprint density at radius 1 is 1.62 bits per heavy atom. The second-order valence-corrected chi connectivity index (χ2v) is 3.80. The van der Waals surface area contributed by atoms with Crippen LogP contribution in [0.3, 0.4) is 0 Å². The van der Waals surface area contributed by atoms with Gasteiger partial charge in [0.25, 0.3) is 0 Å². The standard InChI is InChI=1S/C6H6Br2/c7-5-2-1-3-6(8)4-5/h1-2,4,6H,3H2. The van der Waals surface area contributed by atoms with Crippen molar-refractivity contribution in [2.24, 2.45) is 0 Å². The second kappa shape index (κ2) is 2.83. The van der Waals surface area contributed by atoms with Crippen molar-refractivity contribution in [2.45, 2.75) is 11.2 Å². The summed E-state index contributed by atoms with van der Waals surface area (Å²) in [5.41, 5.74) is 0. The van der Waals surface area contributed by atoms with E-state index in [1.54, 1.807) is 0 Å². The van der Waals surface area contributed by atoms with Gasteiger partial charge in [0, 0.05) is 9.31 Å². The van der Waals surface area contributed by atoms with Crippen LogP contribution in [-0.4, -0.2) is 4.83 Å². The number of hydrogen-bond donors (Lipinski definition) is 0. The van der Waals surface area contributed by atoms with Crippen molar-refractivity contribution < 1.29 is 0 Å². The molecule has 44 valence electrons. The van der Waals surface area contributed by atoms with Crippen LogP contribution >= 0.6 is 31.9 Å². The molecule has 0 saturated heterocycles. The minimum absolute atomic E-state index is 0.530. The van der Waals surface area contributed by atoms with Crippen molar-refractivity contribution in [1.82, 2.24) is 0 Å². The fraction of sp³-hybridized carbons (Fsp3) is 0.333. The van der Waals surface area contributed by atoms with Crippen LogP contribution in [-0.2, 0) is 0 Å². The lowest BCUT2D eigenvalue weighted by molar-refractivity contribution is 1.07. The molecule has 0 radical (unpaired) electrons. The largest absolute Gasteiger partial charge is 0.0841 e. The molecule has 0 aromatic carbocycles. The summed E-state index contributed by atoms with van der Waals surface area (Å²) in [6, 6.07) is 0. The maximum absolute atomic E-state index is 3.47. The van der Waals surface area contributed by atoms with Crippen LogP contribution in [0, 0.1) is 0 Å². The summed E-state index contributed by atoms with van der Waals surface area (Å²) in [5.74, 6) is 0. The van der Waals surface area contributed by atoms with Crippen molar-refractivity contribution in [1.29, 1.82) is 0 Å². The van der Waals surface area contributed by atoms with Gasteiger partial charge in [0.1, 0.15) is 0 Å². The highest BCUT2D eigenvalue weighted by Gasteiger charge is 2.01. The lowest BCUT2D eigenvalue weighted by Crippen LogP contribution is -1.93. The van der Waals surface area contributed by atoms with E-state index >= 15 is 0 Å². The Kier molecular flexibility index (Phi) is 2.32. The minimum Gasteiger partial charge on any atom is -0.0841 e. The first-order valence-corrected chi connectivity index (χ1v) is 4.18. The summed E-state index contributed by atoms with van der Waals surface area (Å²) in [5, 5.41) is 0. The van der Waals surface area contributed by atoms with Crippen LogP contribution < -0.4 is 0 Å². The molecular weight excluding hydrogens is 232 g/mol. The van der Waals surface area contributed by atoms with Gasteiger partial charge in [-0.05, 0) is 6.42 Å². The molecule has 0 heterocycles. The highest BCUT2D eigenvalue weighted by atomic mass is 79.9. The Labute approximate surface area is 65.9 Å². The van der Waals surface area contributed by atoms with E-state index in [1.165, 1.54) is 4.48 Å². The zero-order valence-corrected chi connectivity index (χ0v) is 7.44. The summed E-state index contributed by atoms with van der Waals surface area (Å²) in [4.78, 5) is 0.530. The Hall–Kier alpha value is 0.440. The first-order valence-electron chi connectivity index (χ1n) is 2.47. The van der Waals surface area contributed by atoms with E-state index in [-0.39, 0.29) is 0 Å². The number of alkyl halides is 1. The highest BCUT2D eigenvalue weighted by molar-refractivity contribution is 9.12. The average Bonchev–Trinajstić information content (AvgIpc) is 1.64. The maximum atomic E-state index is 3.47. The first-order chi connectivity index (χ1) is 3.79. The van der Waals surface area contributed by atoms with E-state index in [0.717, 1.165) is 6.42 Å².